The monoisotopic (exact) mass is 344 g/mol. The summed E-state index contributed by atoms with van der Waals surface area (Å²) < 4.78 is 0. The zero-order valence-electron chi connectivity index (χ0n) is 15.7. The van der Waals surface area contributed by atoms with E-state index in [0.29, 0.717) is 0 Å². The summed E-state index contributed by atoms with van der Waals surface area (Å²) in [5.74, 6) is 0. The van der Waals surface area contributed by atoms with Gasteiger partial charge < -0.3 is 4.98 Å². The Morgan fingerprint density at radius 1 is 1.00 bits per heavy atom. The molecular formula is C24H28N2. The van der Waals surface area contributed by atoms with Crippen LogP contribution in [0.5, 0.6) is 0 Å². The van der Waals surface area contributed by atoms with Crippen molar-refractivity contribution in [2.24, 2.45) is 0 Å². The van der Waals surface area contributed by atoms with Crippen LogP contribution < -0.4 is 0 Å². The van der Waals surface area contributed by atoms with Crippen molar-refractivity contribution < 1.29 is 0 Å². The molecule has 2 nitrogen and oxygen atoms in total. The Morgan fingerprint density at radius 2 is 1.88 bits per heavy atom. The van der Waals surface area contributed by atoms with E-state index < -0.39 is 0 Å². The topological polar surface area (TPSA) is 19.0 Å². The number of unbranched alkanes of at least 4 members (excludes halogenated alkanes) is 1. The van der Waals surface area contributed by atoms with Gasteiger partial charge in [0, 0.05) is 30.2 Å². The first-order chi connectivity index (χ1) is 12.8. The lowest BCUT2D eigenvalue weighted by atomic mass is 9.99. The number of hydrogen-bond acceptors (Lipinski definition) is 1. The van der Waals surface area contributed by atoms with Gasteiger partial charge in [-0.15, -0.1) is 0 Å². The number of hydrogen-bond donors (Lipinski definition) is 1. The molecule has 2 heterocycles. The summed E-state index contributed by atoms with van der Waals surface area (Å²) in [5, 5.41) is 1.43. The van der Waals surface area contributed by atoms with Crippen molar-refractivity contribution >= 4 is 16.5 Å². The van der Waals surface area contributed by atoms with Crippen molar-refractivity contribution in [1.82, 2.24) is 9.88 Å². The minimum Gasteiger partial charge on any atom is -0.361 e. The maximum atomic E-state index is 3.37. The summed E-state index contributed by atoms with van der Waals surface area (Å²) in [6.07, 6.45) is 9.42. The van der Waals surface area contributed by atoms with Gasteiger partial charge in [-0.1, -0.05) is 48.5 Å². The van der Waals surface area contributed by atoms with Crippen LogP contribution >= 0.6 is 0 Å². The van der Waals surface area contributed by atoms with Crippen LogP contribution in [0.4, 0.5) is 0 Å². The van der Waals surface area contributed by atoms with Gasteiger partial charge in [0.25, 0.3) is 0 Å². The number of benzene rings is 2. The minimum atomic E-state index is 1.09. The van der Waals surface area contributed by atoms with Gasteiger partial charge in [0.15, 0.2) is 0 Å². The number of aromatic nitrogens is 1. The van der Waals surface area contributed by atoms with Gasteiger partial charge in [-0.25, -0.2) is 0 Å². The standard InChI is InChI=1S/C24H28N2/c1-19-18-25-23-12-7-11-22(24(19)23)10-5-6-15-26-16-13-21(14-17-26)20-8-3-2-4-9-20/h2-4,7-9,11-13,18,25H,5-6,10,14-17H2,1H3. The van der Waals surface area contributed by atoms with Crippen molar-refractivity contribution in [2.75, 3.05) is 19.6 Å². The fourth-order valence-electron chi connectivity index (χ4n) is 4.13. The summed E-state index contributed by atoms with van der Waals surface area (Å²) in [6, 6.07) is 17.5. The van der Waals surface area contributed by atoms with Crippen LogP contribution in [0.25, 0.3) is 16.5 Å². The molecule has 0 aliphatic carbocycles. The summed E-state index contributed by atoms with van der Waals surface area (Å²) in [6.45, 7) is 5.69. The van der Waals surface area contributed by atoms with Gasteiger partial charge in [0.05, 0.1) is 0 Å². The molecule has 0 radical (unpaired) electrons. The highest BCUT2D eigenvalue weighted by Crippen LogP contribution is 2.24. The molecule has 0 spiro atoms. The van der Waals surface area contributed by atoms with Crippen molar-refractivity contribution in [2.45, 2.75) is 32.6 Å². The van der Waals surface area contributed by atoms with Crippen molar-refractivity contribution in [1.29, 1.82) is 0 Å². The first-order valence-corrected chi connectivity index (χ1v) is 9.83. The van der Waals surface area contributed by atoms with Crippen LogP contribution in [-0.2, 0) is 6.42 Å². The number of rotatable bonds is 6. The van der Waals surface area contributed by atoms with Crippen LogP contribution in [0, 0.1) is 6.92 Å². The molecule has 0 saturated carbocycles. The number of nitrogens with zero attached hydrogens (tertiary/aromatic N) is 1. The molecule has 0 unspecified atom stereocenters. The molecule has 134 valence electrons. The molecule has 1 aliphatic heterocycles. The molecule has 1 N–H and O–H groups in total. The zero-order chi connectivity index (χ0) is 17.8. The zero-order valence-corrected chi connectivity index (χ0v) is 15.7. The van der Waals surface area contributed by atoms with E-state index in [9.17, 15) is 0 Å². The van der Waals surface area contributed by atoms with Gasteiger partial charge in [-0.05, 0) is 67.5 Å². The van der Waals surface area contributed by atoms with Crippen LogP contribution in [-0.4, -0.2) is 29.5 Å². The third kappa shape index (κ3) is 3.76. The summed E-state index contributed by atoms with van der Waals surface area (Å²) >= 11 is 0. The van der Waals surface area contributed by atoms with Gasteiger partial charge in [-0.2, -0.15) is 0 Å². The van der Waals surface area contributed by atoms with Crippen LogP contribution in [0.1, 0.15) is 36.0 Å². The van der Waals surface area contributed by atoms with Crippen molar-refractivity contribution in [3.8, 4) is 0 Å². The lowest BCUT2D eigenvalue weighted by Crippen LogP contribution is -2.29. The maximum Gasteiger partial charge on any atom is 0.0459 e. The average Bonchev–Trinajstić information content (AvgIpc) is 3.08. The molecular weight excluding hydrogens is 316 g/mol. The fraction of sp³-hybridized carbons (Fsp3) is 0.333. The Morgan fingerprint density at radius 3 is 2.69 bits per heavy atom. The van der Waals surface area contributed by atoms with Crippen LogP contribution in [0.3, 0.4) is 0 Å². The number of nitrogens with one attached hydrogen (secondary N) is 1. The van der Waals surface area contributed by atoms with Gasteiger partial charge in [-0.3, -0.25) is 4.90 Å². The van der Waals surface area contributed by atoms with E-state index in [0.717, 1.165) is 6.54 Å². The molecule has 1 aromatic heterocycles. The molecule has 0 saturated heterocycles. The molecule has 4 rings (SSSR count). The minimum absolute atomic E-state index is 1.09. The number of H-pyrrole nitrogens is 1. The Balaban J connectivity index is 1.27. The highest BCUT2D eigenvalue weighted by Gasteiger charge is 2.12. The summed E-state index contributed by atoms with van der Waals surface area (Å²) in [5.41, 5.74) is 7.03. The predicted octanol–water partition coefficient (Wildman–Crippen LogP) is 5.59. The predicted molar refractivity (Wildman–Crippen MR) is 111 cm³/mol. The first kappa shape index (κ1) is 17.1. The molecule has 26 heavy (non-hydrogen) atoms. The first-order valence-electron chi connectivity index (χ1n) is 9.83. The molecule has 2 heteroatoms. The number of aryl methyl sites for hydroxylation is 2. The SMILES string of the molecule is Cc1c[nH]c2cccc(CCCCN3CC=C(c4ccccc4)CC3)c12. The van der Waals surface area contributed by atoms with Gasteiger partial charge >= 0.3 is 0 Å². The summed E-state index contributed by atoms with van der Waals surface area (Å²) in [4.78, 5) is 5.97. The van der Waals surface area contributed by atoms with E-state index in [1.807, 2.05) is 0 Å². The number of fused-ring (bicyclic) bond motifs is 1. The lowest BCUT2D eigenvalue weighted by molar-refractivity contribution is 0.295. The molecule has 0 fully saturated rings. The highest BCUT2D eigenvalue weighted by atomic mass is 15.1. The largest absolute Gasteiger partial charge is 0.361 e. The van der Waals surface area contributed by atoms with E-state index >= 15 is 0 Å². The molecule has 0 amide bonds. The smallest absolute Gasteiger partial charge is 0.0459 e. The van der Waals surface area contributed by atoms with E-state index in [-0.39, 0.29) is 0 Å². The third-order valence-corrected chi connectivity index (χ3v) is 5.60. The van der Waals surface area contributed by atoms with E-state index in [2.05, 4.69) is 77.6 Å². The lowest BCUT2D eigenvalue weighted by Gasteiger charge is -2.26. The quantitative estimate of drug-likeness (QED) is 0.578. The van der Waals surface area contributed by atoms with Crippen molar-refractivity contribution in [3.05, 3.63) is 77.5 Å². The molecule has 0 bridgehead atoms. The third-order valence-electron chi connectivity index (χ3n) is 5.60. The van der Waals surface area contributed by atoms with E-state index in [1.165, 1.54) is 71.9 Å². The molecule has 1 aliphatic rings. The second kappa shape index (κ2) is 7.92. The van der Waals surface area contributed by atoms with Crippen LogP contribution in [0.2, 0.25) is 0 Å². The van der Waals surface area contributed by atoms with E-state index in [4.69, 9.17) is 0 Å². The maximum absolute atomic E-state index is 3.37. The Labute approximate surface area is 156 Å². The van der Waals surface area contributed by atoms with Gasteiger partial charge in [0.1, 0.15) is 0 Å². The molecule has 2 aromatic carbocycles. The fourth-order valence-corrected chi connectivity index (χ4v) is 4.13. The molecule has 3 aromatic rings. The van der Waals surface area contributed by atoms with Crippen LogP contribution in [0.15, 0.2) is 60.8 Å². The highest BCUT2D eigenvalue weighted by molar-refractivity contribution is 5.86. The second-order valence-electron chi connectivity index (χ2n) is 7.41. The Hall–Kier alpha value is -2.32. The summed E-state index contributed by atoms with van der Waals surface area (Å²) in [7, 11) is 0. The van der Waals surface area contributed by atoms with Crippen molar-refractivity contribution in [3.63, 3.8) is 0 Å². The van der Waals surface area contributed by atoms with E-state index in [1.54, 1.807) is 0 Å². The normalized spacial score (nSPS) is 15.3. The average molecular weight is 345 g/mol. The Kier molecular flexibility index (Phi) is 5.21. The molecule has 0 atom stereocenters. The Bertz CT molecular complexity index is 889. The second-order valence-corrected chi connectivity index (χ2v) is 7.41. The van der Waals surface area contributed by atoms with Gasteiger partial charge in [0.2, 0.25) is 0 Å². The number of aromatic amines is 1.